The van der Waals surface area contributed by atoms with Crippen molar-refractivity contribution in [2.24, 2.45) is 5.92 Å². The molecule has 4 heteroatoms. The fourth-order valence-corrected chi connectivity index (χ4v) is 2.84. The van der Waals surface area contributed by atoms with Crippen LogP contribution < -0.4 is 0 Å². The molecule has 19 heavy (non-hydrogen) atoms. The van der Waals surface area contributed by atoms with E-state index in [9.17, 15) is 0 Å². The Bertz CT molecular complexity index is 250. The van der Waals surface area contributed by atoms with Crippen molar-refractivity contribution in [2.45, 2.75) is 71.0 Å². The molecular weight excluding hydrogens is 242 g/mol. The molecule has 0 unspecified atom stereocenters. The van der Waals surface area contributed by atoms with E-state index in [1.165, 1.54) is 25.7 Å². The molecule has 1 saturated carbocycles. The minimum absolute atomic E-state index is 0.272. The number of hydrogen-bond acceptors (Lipinski definition) is 4. The van der Waals surface area contributed by atoms with Gasteiger partial charge in [-0.3, -0.25) is 0 Å². The first-order valence-electron chi connectivity index (χ1n) is 7.99. The Hall–Kier alpha value is -0.160. The van der Waals surface area contributed by atoms with Gasteiger partial charge in [-0.1, -0.05) is 33.1 Å². The Morgan fingerprint density at radius 2 is 2.00 bits per heavy atom. The smallest absolute Gasteiger partial charge is 0.0975 e. The average molecular weight is 271 g/mol. The predicted octanol–water partition coefficient (Wildman–Crippen LogP) is 3.32. The van der Waals surface area contributed by atoms with Crippen molar-refractivity contribution in [3.63, 3.8) is 0 Å². The molecule has 0 aromatic carbocycles. The summed E-state index contributed by atoms with van der Waals surface area (Å²) in [4.78, 5) is 11.1. The van der Waals surface area contributed by atoms with Crippen LogP contribution in [0.2, 0.25) is 0 Å². The largest absolute Gasteiger partial charge is 0.377 e. The first kappa shape index (κ1) is 15.2. The maximum Gasteiger partial charge on any atom is 0.0975 e. The first-order chi connectivity index (χ1) is 9.29. The zero-order valence-corrected chi connectivity index (χ0v) is 12.5. The van der Waals surface area contributed by atoms with Gasteiger partial charge < -0.3 is 4.74 Å². The van der Waals surface area contributed by atoms with Crippen LogP contribution in [-0.2, 0) is 14.6 Å². The number of unbranched alkanes of at least 4 members (excludes halogenated alkanes) is 1. The lowest BCUT2D eigenvalue weighted by molar-refractivity contribution is -0.447. The van der Waals surface area contributed by atoms with E-state index < -0.39 is 0 Å². The van der Waals surface area contributed by atoms with Crippen molar-refractivity contribution in [3.8, 4) is 0 Å². The normalized spacial score (nSPS) is 32.8. The van der Waals surface area contributed by atoms with Crippen LogP contribution in [0.4, 0.5) is 0 Å². The topological polar surface area (TPSA) is 30.9 Å². The van der Waals surface area contributed by atoms with Gasteiger partial charge in [0, 0.05) is 13.2 Å². The van der Waals surface area contributed by atoms with Gasteiger partial charge >= 0.3 is 0 Å². The van der Waals surface area contributed by atoms with Crippen LogP contribution >= 0.6 is 0 Å². The molecule has 1 aliphatic carbocycles. The standard InChI is InChI=1S/C15H29NO3/c1-3-4-11-17-14-9-10-16(12-14)19-18-15-8-6-5-7-13(15)2/h13-15H,3-12H2,1-2H3/t13-,14+,15-/m0/s1. The van der Waals surface area contributed by atoms with Crippen LogP contribution in [-0.4, -0.2) is 37.0 Å². The van der Waals surface area contributed by atoms with E-state index in [0.29, 0.717) is 12.0 Å². The summed E-state index contributed by atoms with van der Waals surface area (Å²) in [5.41, 5.74) is 0. The summed E-state index contributed by atoms with van der Waals surface area (Å²) in [7, 11) is 0. The quantitative estimate of drug-likeness (QED) is 0.404. The lowest BCUT2D eigenvalue weighted by Crippen LogP contribution is -2.31. The van der Waals surface area contributed by atoms with E-state index >= 15 is 0 Å². The highest BCUT2D eigenvalue weighted by Crippen LogP contribution is 2.27. The van der Waals surface area contributed by atoms with E-state index in [-0.39, 0.29) is 6.10 Å². The second-order valence-electron chi connectivity index (χ2n) is 5.99. The van der Waals surface area contributed by atoms with Crippen LogP contribution in [0.1, 0.15) is 58.8 Å². The van der Waals surface area contributed by atoms with Crippen molar-refractivity contribution >= 4 is 0 Å². The van der Waals surface area contributed by atoms with Crippen molar-refractivity contribution in [2.75, 3.05) is 19.7 Å². The number of hydrogen-bond donors (Lipinski definition) is 0. The Balaban J connectivity index is 1.59. The highest BCUT2D eigenvalue weighted by atomic mass is 17.3. The van der Waals surface area contributed by atoms with E-state index in [2.05, 4.69) is 13.8 Å². The number of hydroxylamine groups is 2. The Morgan fingerprint density at radius 3 is 2.79 bits per heavy atom. The SMILES string of the molecule is CCCCO[C@@H]1CCN(OO[C@H]2CCCC[C@@H]2C)C1. The van der Waals surface area contributed by atoms with E-state index in [1.54, 1.807) is 0 Å². The van der Waals surface area contributed by atoms with Gasteiger partial charge in [-0.25, -0.2) is 4.89 Å². The van der Waals surface area contributed by atoms with Crippen molar-refractivity contribution in [1.29, 1.82) is 0 Å². The van der Waals surface area contributed by atoms with Gasteiger partial charge in [0.15, 0.2) is 0 Å². The van der Waals surface area contributed by atoms with Crippen LogP contribution in [0, 0.1) is 5.92 Å². The number of rotatable bonds is 7. The van der Waals surface area contributed by atoms with Gasteiger partial charge in [-0.15, -0.1) is 4.99 Å². The summed E-state index contributed by atoms with van der Waals surface area (Å²) in [6.07, 6.45) is 8.96. The van der Waals surface area contributed by atoms with Gasteiger partial charge in [0.25, 0.3) is 0 Å². The third-order valence-corrected chi connectivity index (χ3v) is 4.26. The third-order valence-electron chi connectivity index (χ3n) is 4.26. The Morgan fingerprint density at radius 1 is 1.16 bits per heavy atom. The lowest BCUT2D eigenvalue weighted by Gasteiger charge is -2.28. The molecule has 112 valence electrons. The maximum atomic E-state index is 5.81. The van der Waals surface area contributed by atoms with Crippen LogP contribution in [0.3, 0.4) is 0 Å². The summed E-state index contributed by atoms with van der Waals surface area (Å²) < 4.78 is 5.81. The fourth-order valence-electron chi connectivity index (χ4n) is 2.84. The Kier molecular flexibility index (Phi) is 6.57. The summed E-state index contributed by atoms with van der Waals surface area (Å²) in [6, 6.07) is 0. The van der Waals surface area contributed by atoms with Crippen molar-refractivity contribution in [1.82, 2.24) is 5.06 Å². The number of nitrogens with zero attached hydrogens (tertiary/aromatic N) is 1. The van der Waals surface area contributed by atoms with E-state index in [0.717, 1.165) is 39.0 Å². The van der Waals surface area contributed by atoms with Crippen molar-refractivity contribution < 1.29 is 14.6 Å². The Labute approximate surface area is 117 Å². The molecule has 2 fully saturated rings. The lowest BCUT2D eigenvalue weighted by atomic mass is 9.88. The summed E-state index contributed by atoms with van der Waals surface area (Å²) in [5, 5.41) is 1.91. The molecule has 0 aromatic rings. The molecule has 1 saturated heterocycles. The minimum atomic E-state index is 0.272. The highest BCUT2D eigenvalue weighted by Gasteiger charge is 2.28. The molecule has 0 bridgehead atoms. The molecule has 4 nitrogen and oxygen atoms in total. The zero-order chi connectivity index (χ0) is 13.5. The van der Waals surface area contributed by atoms with E-state index in [4.69, 9.17) is 14.6 Å². The first-order valence-corrected chi connectivity index (χ1v) is 7.99. The number of ether oxygens (including phenoxy) is 1. The second-order valence-corrected chi connectivity index (χ2v) is 5.99. The molecule has 0 spiro atoms. The molecular formula is C15H29NO3. The second kappa shape index (κ2) is 8.20. The summed E-state index contributed by atoms with van der Waals surface area (Å²) in [6.45, 7) is 7.07. The predicted molar refractivity (Wildman–Crippen MR) is 74.4 cm³/mol. The summed E-state index contributed by atoms with van der Waals surface area (Å²) >= 11 is 0. The monoisotopic (exact) mass is 271 g/mol. The van der Waals surface area contributed by atoms with Gasteiger partial charge in [-0.2, -0.15) is 5.06 Å². The molecule has 1 heterocycles. The highest BCUT2D eigenvalue weighted by molar-refractivity contribution is 4.72. The maximum absolute atomic E-state index is 5.81. The molecule has 2 rings (SSSR count). The molecule has 0 aromatic heterocycles. The minimum Gasteiger partial charge on any atom is -0.377 e. The van der Waals surface area contributed by atoms with Gasteiger partial charge in [0.05, 0.1) is 18.8 Å². The fraction of sp³-hybridized carbons (Fsp3) is 1.00. The van der Waals surface area contributed by atoms with E-state index in [1.807, 2.05) is 5.06 Å². The third kappa shape index (κ3) is 5.03. The van der Waals surface area contributed by atoms with Crippen LogP contribution in [0.25, 0.3) is 0 Å². The molecule has 3 atom stereocenters. The van der Waals surface area contributed by atoms with Crippen LogP contribution in [0.15, 0.2) is 0 Å². The molecule has 0 amide bonds. The van der Waals surface area contributed by atoms with Crippen molar-refractivity contribution in [3.05, 3.63) is 0 Å². The van der Waals surface area contributed by atoms with Gasteiger partial charge in [-0.05, 0) is 31.6 Å². The molecule has 1 aliphatic heterocycles. The average Bonchev–Trinajstić information content (AvgIpc) is 2.86. The van der Waals surface area contributed by atoms with Gasteiger partial charge in [0.2, 0.25) is 0 Å². The van der Waals surface area contributed by atoms with Gasteiger partial charge in [0.1, 0.15) is 0 Å². The van der Waals surface area contributed by atoms with Crippen LogP contribution in [0.5, 0.6) is 0 Å². The molecule has 2 aliphatic rings. The zero-order valence-electron chi connectivity index (χ0n) is 12.5. The summed E-state index contributed by atoms with van der Waals surface area (Å²) in [5.74, 6) is 0.618. The molecule has 0 N–H and O–H groups in total. The molecule has 0 radical (unpaired) electrons.